The van der Waals surface area contributed by atoms with E-state index in [0.717, 1.165) is 48.6 Å². The van der Waals surface area contributed by atoms with Crippen LogP contribution in [0.25, 0.3) is 22.0 Å². The van der Waals surface area contributed by atoms with Crippen LogP contribution in [0.3, 0.4) is 0 Å². The number of aromatic nitrogens is 3. The van der Waals surface area contributed by atoms with Gasteiger partial charge < -0.3 is 5.32 Å². The number of piperidine rings is 1. The minimum atomic E-state index is -4.46. The number of hydrogen-bond acceptors (Lipinski definition) is 6. The second-order valence-electron chi connectivity index (χ2n) is 6.91. The van der Waals surface area contributed by atoms with Crippen molar-refractivity contribution in [1.29, 1.82) is 0 Å². The van der Waals surface area contributed by atoms with Crippen LogP contribution >= 0.6 is 11.9 Å². The predicted octanol–water partition coefficient (Wildman–Crippen LogP) is 4.86. The standard InChI is InChI=1S/C20H20F3N5S/c1-29-28-8-5-15(6-9-28)27-18-10-16-13(11-26-18)4-7-24-19(16)14-2-3-17(25-12-14)20(21,22)23/h2-4,7,10-12,15H,5-6,8-9H2,1H3,(H,26,27). The van der Waals surface area contributed by atoms with Gasteiger partial charge in [-0.05, 0) is 43.4 Å². The van der Waals surface area contributed by atoms with Crippen LogP contribution in [0.5, 0.6) is 0 Å². The van der Waals surface area contributed by atoms with Gasteiger partial charge in [0, 0.05) is 54.1 Å². The van der Waals surface area contributed by atoms with Crippen LogP contribution in [0.2, 0.25) is 0 Å². The molecule has 1 saturated heterocycles. The molecule has 3 aromatic rings. The van der Waals surface area contributed by atoms with Gasteiger partial charge in [-0.2, -0.15) is 13.2 Å². The molecule has 4 rings (SSSR count). The quantitative estimate of drug-likeness (QED) is 0.610. The molecule has 0 bridgehead atoms. The lowest BCUT2D eigenvalue weighted by atomic mass is 10.1. The van der Waals surface area contributed by atoms with E-state index in [1.165, 1.54) is 12.3 Å². The topological polar surface area (TPSA) is 53.9 Å². The Morgan fingerprint density at radius 3 is 2.52 bits per heavy atom. The van der Waals surface area contributed by atoms with Crippen LogP contribution in [0.15, 0.2) is 42.9 Å². The number of hydrogen-bond donors (Lipinski definition) is 1. The third-order valence-electron chi connectivity index (χ3n) is 5.04. The summed E-state index contributed by atoms with van der Waals surface area (Å²) in [6.45, 7) is 2.05. The zero-order valence-electron chi connectivity index (χ0n) is 15.8. The molecule has 1 fully saturated rings. The number of alkyl halides is 3. The Balaban J connectivity index is 1.61. The van der Waals surface area contributed by atoms with Gasteiger partial charge in [0.2, 0.25) is 0 Å². The predicted molar refractivity (Wildman–Crippen MR) is 110 cm³/mol. The van der Waals surface area contributed by atoms with Gasteiger partial charge in [-0.15, -0.1) is 0 Å². The summed E-state index contributed by atoms with van der Waals surface area (Å²) < 4.78 is 40.7. The first-order valence-corrected chi connectivity index (χ1v) is 10.5. The van der Waals surface area contributed by atoms with E-state index in [9.17, 15) is 13.2 Å². The lowest BCUT2D eigenvalue weighted by Gasteiger charge is -2.30. The Morgan fingerprint density at radius 1 is 1.07 bits per heavy atom. The van der Waals surface area contributed by atoms with Crippen molar-refractivity contribution in [3.05, 3.63) is 48.5 Å². The maximum atomic E-state index is 12.8. The fraction of sp³-hybridized carbons (Fsp3) is 0.350. The van der Waals surface area contributed by atoms with E-state index in [4.69, 9.17) is 0 Å². The fourth-order valence-corrected chi connectivity index (χ4v) is 4.04. The average molecular weight is 419 g/mol. The van der Waals surface area contributed by atoms with Gasteiger partial charge in [-0.25, -0.2) is 4.98 Å². The number of nitrogens with one attached hydrogen (secondary N) is 1. The van der Waals surface area contributed by atoms with E-state index in [1.807, 2.05) is 12.1 Å². The minimum Gasteiger partial charge on any atom is -0.367 e. The molecule has 1 aliphatic heterocycles. The molecule has 5 nitrogen and oxygen atoms in total. The third-order valence-corrected chi connectivity index (χ3v) is 5.92. The average Bonchev–Trinajstić information content (AvgIpc) is 2.73. The molecule has 0 radical (unpaired) electrons. The summed E-state index contributed by atoms with van der Waals surface area (Å²) in [4.78, 5) is 12.5. The van der Waals surface area contributed by atoms with Gasteiger partial charge in [0.15, 0.2) is 0 Å². The van der Waals surface area contributed by atoms with Crippen molar-refractivity contribution in [2.75, 3.05) is 24.7 Å². The summed E-state index contributed by atoms with van der Waals surface area (Å²) >= 11 is 1.76. The maximum Gasteiger partial charge on any atom is 0.433 e. The monoisotopic (exact) mass is 419 g/mol. The van der Waals surface area contributed by atoms with Crippen molar-refractivity contribution in [3.8, 4) is 11.3 Å². The van der Waals surface area contributed by atoms with Crippen LogP contribution < -0.4 is 5.32 Å². The van der Waals surface area contributed by atoms with Crippen LogP contribution in [-0.4, -0.2) is 44.6 Å². The van der Waals surface area contributed by atoms with E-state index in [1.54, 1.807) is 24.3 Å². The molecule has 1 N–H and O–H groups in total. The number of halogens is 3. The van der Waals surface area contributed by atoms with Gasteiger partial charge >= 0.3 is 6.18 Å². The number of pyridine rings is 3. The van der Waals surface area contributed by atoms with E-state index < -0.39 is 11.9 Å². The highest BCUT2D eigenvalue weighted by atomic mass is 32.2. The van der Waals surface area contributed by atoms with Crippen molar-refractivity contribution in [3.63, 3.8) is 0 Å². The van der Waals surface area contributed by atoms with Crippen molar-refractivity contribution in [2.45, 2.75) is 25.1 Å². The lowest BCUT2D eigenvalue weighted by Crippen LogP contribution is -2.35. The van der Waals surface area contributed by atoms with Crippen molar-refractivity contribution >= 4 is 28.5 Å². The van der Waals surface area contributed by atoms with E-state index >= 15 is 0 Å². The molecule has 0 unspecified atom stereocenters. The number of nitrogens with zero attached hydrogens (tertiary/aromatic N) is 4. The molecular formula is C20H20F3N5S. The van der Waals surface area contributed by atoms with E-state index in [2.05, 4.69) is 30.8 Å². The zero-order valence-corrected chi connectivity index (χ0v) is 16.6. The molecule has 29 heavy (non-hydrogen) atoms. The second kappa shape index (κ2) is 8.16. The summed E-state index contributed by atoms with van der Waals surface area (Å²) in [5.74, 6) is 0.745. The van der Waals surface area contributed by atoms with Crippen molar-refractivity contribution in [2.24, 2.45) is 0 Å². The van der Waals surface area contributed by atoms with Crippen LogP contribution in [0, 0.1) is 0 Å². The summed E-state index contributed by atoms with van der Waals surface area (Å²) in [7, 11) is 0. The minimum absolute atomic E-state index is 0.344. The molecule has 0 saturated carbocycles. The molecule has 9 heteroatoms. The van der Waals surface area contributed by atoms with Crippen LogP contribution in [0.1, 0.15) is 18.5 Å². The summed E-state index contributed by atoms with van der Waals surface area (Å²) in [5, 5.41) is 5.19. The van der Waals surface area contributed by atoms with Gasteiger partial charge in [-0.3, -0.25) is 14.3 Å². The van der Waals surface area contributed by atoms with Gasteiger partial charge in [0.05, 0.1) is 5.69 Å². The Labute approximate surface area is 170 Å². The molecule has 0 aliphatic carbocycles. The molecule has 0 aromatic carbocycles. The first-order chi connectivity index (χ1) is 13.9. The molecule has 3 aromatic heterocycles. The SMILES string of the molecule is CSN1CCC(Nc2cc3c(-c4ccc(C(F)(F)F)nc4)nccc3cn2)CC1. The molecule has 152 valence electrons. The summed E-state index contributed by atoms with van der Waals surface area (Å²) in [6.07, 6.45) is 4.29. The number of fused-ring (bicyclic) bond motifs is 1. The zero-order chi connectivity index (χ0) is 20.4. The Morgan fingerprint density at radius 2 is 1.86 bits per heavy atom. The second-order valence-corrected chi connectivity index (χ2v) is 7.79. The Bertz CT molecular complexity index is 986. The lowest BCUT2D eigenvalue weighted by molar-refractivity contribution is -0.141. The third kappa shape index (κ3) is 4.45. The van der Waals surface area contributed by atoms with Crippen LogP contribution in [0.4, 0.5) is 19.0 Å². The van der Waals surface area contributed by atoms with Gasteiger partial charge in [-0.1, -0.05) is 11.9 Å². The summed E-state index contributed by atoms with van der Waals surface area (Å²) in [6, 6.07) is 6.48. The smallest absolute Gasteiger partial charge is 0.367 e. The number of anilines is 1. The Kier molecular flexibility index (Phi) is 5.60. The maximum absolute atomic E-state index is 12.8. The van der Waals surface area contributed by atoms with Gasteiger partial charge in [0.1, 0.15) is 11.5 Å². The molecular weight excluding hydrogens is 399 g/mol. The highest BCUT2D eigenvalue weighted by Crippen LogP contribution is 2.31. The molecule has 0 spiro atoms. The molecule has 0 atom stereocenters. The first kappa shape index (κ1) is 19.9. The van der Waals surface area contributed by atoms with E-state index in [-0.39, 0.29) is 0 Å². The van der Waals surface area contributed by atoms with Crippen molar-refractivity contribution < 1.29 is 13.2 Å². The first-order valence-electron chi connectivity index (χ1n) is 9.28. The van der Waals surface area contributed by atoms with Crippen LogP contribution in [-0.2, 0) is 6.18 Å². The molecule has 1 aliphatic rings. The number of rotatable bonds is 4. The summed E-state index contributed by atoms with van der Waals surface area (Å²) in [5.41, 5.74) is 0.211. The van der Waals surface area contributed by atoms with E-state index in [0.29, 0.717) is 17.3 Å². The molecule has 0 amide bonds. The highest BCUT2D eigenvalue weighted by Gasteiger charge is 2.32. The largest absolute Gasteiger partial charge is 0.433 e. The Hall–Kier alpha value is -2.39. The van der Waals surface area contributed by atoms with Crippen molar-refractivity contribution in [1.82, 2.24) is 19.3 Å². The fourth-order valence-electron chi connectivity index (χ4n) is 3.47. The highest BCUT2D eigenvalue weighted by molar-refractivity contribution is 7.96. The van der Waals surface area contributed by atoms with Gasteiger partial charge in [0.25, 0.3) is 0 Å². The normalized spacial score (nSPS) is 16.3. The molecule has 4 heterocycles.